The van der Waals surface area contributed by atoms with Crippen LogP contribution in [0.15, 0.2) is 41.6 Å². The molecule has 2 aromatic rings. The van der Waals surface area contributed by atoms with E-state index in [2.05, 4.69) is 14.9 Å². The maximum atomic E-state index is 12.2. The number of aryl methyl sites for hydroxylation is 1. The molecule has 0 amide bonds. The van der Waals surface area contributed by atoms with Crippen LogP contribution in [0.5, 0.6) is 0 Å². The zero-order chi connectivity index (χ0) is 16.7. The quantitative estimate of drug-likeness (QED) is 0.561. The Bertz CT molecular complexity index is 741. The Balaban J connectivity index is 1.94. The first-order valence-corrected chi connectivity index (χ1v) is 8.77. The number of esters is 1. The Hall–Kier alpha value is -2.19. The van der Waals surface area contributed by atoms with Crippen LogP contribution in [0.2, 0.25) is 0 Å². The smallest absolute Gasteiger partial charge is 0.342 e. The van der Waals surface area contributed by atoms with Crippen molar-refractivity contribution in [1.82, 2.24) is 14.9 Å². The summed E-state index contributed by atoms with van der Waals surface area (Å²) in [6.45, 7) is 2.07. The lowest BCUT2D eigenvalue weighted by Gasteiger charge is -2.07. The number of hydrogen-bond donors (Lipinski definition) is 2. The van der Waals surface area contributed by atoms with Gasteiger partial charge >= 0.3 is 5.97 Å². The Kier molecular flexibility index (Phi) is 5.89. The maximum Gasteiger partial charge on any atom is 0.342 e. The number of aromatic amines is 1. The highest BCUT2D eigenvalue weighted by atomic mass is 32.2. The van der Waals surface area contributed by atoms with Gasteiger partial charge in [0.1, 0.15) is 5.56 Å². The molecule has 0 aliphatic carbocycles. The average Bonchev–Trinajstić information content (AvgIpc) is 3.03. The number of aromatic nitrogens is 2. The van der Waals surface area contributed by atoms with E-state index in [1.807, 2.05) is 30.3 Å². The number of carbonyl (C=O) groups is 1. The van der Waals surface area contributed by atoms with Crippen molar-refractivity contribution >= 4 is 16.0 Å². The van der Waals surface area contributed by atoms with Crippen LogP contribution in [0.4, 0.5) is 0 Å². The highest BCUT2D eigenvalue weighted by Crippen LogP contribution is 2.13. The number of H-pyrrole nitrogens is 1. The van der Waals surface area contributed by atoms with Gasteiger partial charge in [-0.05, 0) is 25.3 Å². The molecular formula is C15H19N3O4S. The Morgan fingerprint density at radius 2 is 2.04 bits per heavy atom. The molecule has 23 heavy (non-hydrogen) atoms. The van der Waals surface area contributed by atoms with E-state index in [9.17, 15) is 13.2 Å². The molecule has 1 aromatic carbocycles. The van der Waals surface area contributed by atoms with Gasteiger partial charge < -0.3 is 4.74 Å². The Morgan fingerprint density at radius 3 is 2.74 bits per heavy atom. The summed E-state index contributed by atoms with van der Waals surface area (Å²) in [5.41, 5.74) is 1.04. The third-order valence-electron chi connectivity index (χ3n) is 3.15. The zero-order valence-electron chi connectivity index (χ0n) is 12.8. The second-order valence-corrected chi connectivity index (χ2v) is 6.52. The van der Waals surface area contributed by atoms with Crippen LogP contribution in [0.3, 0.4) is 0 Å². The average molecular weight is 337 g/mol. The number of sulfonamides is 1. The van der Waals surface area contributed by atoms with Crippen LogP contribution in [0.1, 0.15) is 29.3 Å². The third kappa shape index (κ3) is 4.64. The first-order chi connectivity index (χ1) is 11.0. The molecule has 0 saturated heterocycles. The van der Waals surface area contributed by atoms with E-state index in [-0.39, 0.29) is 23.7 Å². The van der Waals surface area contributed by atoms with E-state index in [0.29, 0.717) is 6.42 Å². The number of nitrogens with zero attached hydrogens (tertiary/aromatic N) is 1. The summed E-state index contributed by atoms with van der Waals surface area (Å²) in [6.07, 6.45) is 2.56. The normalized spacial score (nSPS) is 11.3. The number of nitrogens with one attached hydrogen (secondary N) is 2. The summed E-state index contributed by atoms with van der Waals surface area (Å²) in [4.78, 5) is 11.7. The fourth-order valence-electron chi connectivity index (χ4n) is 2.05. The molecule has 1 heterocycles. The topological polar surface area (TPSA) is 101 Å². The first kappa shape index (κ1) is 17.2. The number of benzene rings is 1. The van der Waals surface area contributed by atoms with Gasteiger partial charge in [0.25, 0.3) is 10.0 Å². The van der Waals surface area contributed by atoms with Crippen LogP contribution < -0.4 is 4.72 Å². The molecule has 2 N–H and O–H groups in total. The monoisotopic (exact) mass is 337 g/mol. The highest BCUT2D eigenvalue weighted by Gasteiger charge is 2.25. The minimum absolute atomic E-state index is 0.0950. The van der Waals surface area contributed by atoms with Gasteiger partial charge in [0.05, 0.1) is 12.8 Å². The van der Waals surface area contributed by atoms with Gasteiger partial charge in [-0.25, -0.2) is 17.9 Å². The molecular weight excluding hydrogens is 318 g/mol. The van der Waals surface area contributed by atoms with Crippen molar-refractivity contribution in [2.75, 3.05) is 13.2 Å². The molecule has 2 rings (SSSR count). The molecule has 1 aromatic heterocycles. The predicted octanol–water partition coefficient (Wildman–Crippen LogP) is 1.50. The Labute approximate surface area is 135 Å². The van der Waals surface area contributed by atoms with Crippen molar-refractivity contribution in [2.24, 2.45) is 0 Å². The van der Waals surface area contributed by atoms with Gasteiger partial charge in [0, 0.05) is 6.54 Å². The molecule has 0 radical (unpaired) electrons. The third-order valence-corrected chi connectivity index (χ3v) is 4.58. The predicted molar refractivity (Wildman–Crippen MR) is 84.5 cm³/mol. The fraction of sp³-hybridized carbons (Fsp3) is 0.333. The number of hydrogen-bond acceptors (Lipinski definition) is 5. The lowest BCUT2D eigenvalue weighted by Crippen LogP contribution is -2.27. The first-order valence-electron chi connectivity index (χ1n) is 7.28. The van der Waals surface area contributed by atoms with E-state index in [1.54, 1.807) is 6.92 Å². The summed E-state index contributed by atoms with van der Waals surface area (Å²) in [5.74, 6) is -0.717. The largest absolute Gasteiger partial charge is 0.462 e. The van der Waals surface area contributed by atoms with Crippen LogP contribution in [0, 0.1) is 0 Å². The van der Waals surface area contributed by atoms with Crippen LogP contribution in [-0.2, 0) is 21.2 Å². The maximum absolute atomic E-state index is 12.2. The summed E-state index contributed by atoms with van der Waals surface area (Å²) in [6, 6.07) is 9.79. The van der Waals surface area contributed by atoms with Crippen molar-refractivity contribution in [3.05, 3.63) is 47.7 Å². The Morgan fingerprint density at radius 1 is 1.30 bits per heavy atom. The number of ether oxygens (including phenoxy) is 1. The minimum atomic E-state index is -3.83. The van der Waals surface area contributed by atoms with Crippen molar-refractivity contribution in [3.63, 3.8) is 0 Å². The molecule has 124 valence electrons. The standard InChI is InChI=1S/C15H19N3O4S/c1-2-22-15(19)13-11-16-18-14(13)23(20,21)17-10-6-9-12-7-4-3-5-8-12/h3-5,7-8,11,17H,2,6,9-10H2,1H3,(H,16,18). The molecule has 0 aliphatic heterocycles. The van der Waals surface area contributed by atoms with Gasteiger partial charge in [-0.2, -0.15) is 5.10 Å². The van der Waals surface area contributed by atoms with Gasteiger partial charge in [0.15, 0.2) is 5.03 Å². The van der Waals surface area contributed by atoms with E-state index < -0.39 is 16.0 Å². The molecule has 0 fully saturated rings. The van der Waals surface area contributed by atoms with E-state index >= 15 is 0 Å². The van der Waals surface area contributed by atoms with Gasteiger partial charge in [-0.15, -0.1) is 0 Å². The van der Waals surface area contributed by atoms with Crippen molar-refractivity contribution in [3.8, 4) is 0 Å². The lowest BCUT2D eigenvalue weighted by molar-refractivity contribution is 0.0522. The molecule has 0 saturated carbocycles. The minimum Gasteiger partial charge on any atom is -0.462 e. The van der Waals surface area contributed by atoms with E-state index in [1.165, 1.54) is 0 Å². The number of carbonyl (C=O) groups excluding carboxylic acids is 1. The second kappa shape index (κ2) is 7.89. The summed E-state index contributed by atoms with van der Waals surface area (Å²) >= 11 is 0. The molecule has 8 heteroatoms. The van der Waals surface area contributed by atoms with Gasteiger partial charge in [-0.3, -0.25) is 5.10 Å². The molecule has 0 atom stereocenters. The van der Waals surface area contributed by atoms with E-state index in [0.717, 1.165) is 18.2 Å². The molecule has 0 aliphatic rings. The van der Waals surface area contributed by atoms with Crippen molar-refractivity contribution in [2.45, 2.75) is 24.8 Å². The lowest BCUT2D eigenvalue weighted by atomic mass is 10.1. The SMILES string of the molecule is CCOC(=O)c1cn[nH]c1S(=O)(=O)NCCCc1ccccc1. The summed E-state index contributed by atoms with van der Waals surface area (Å²) < 4.78 is 31.8. The highest BCUT2D eigenvalue weighted by molar-refractivity contribution is 7.89. The number of rotatable bonds is 8. The molecule has 0 spiro atoms. The van der Waals surface area contributed by atoms with Crippen LogP contribution in [0.25, 0.3) is 0 Å². The van der Waals surface area contributed by atoms with Crippen molar-refractivity contribution in [1.29, 1.82) is 0 Å². The fourth-order valence-corrected chi connectivity index (χ4v) is 3.21. The summed E-state index contributed by atoms with van der Waals surface area (Å²) in [5, 5.41) is 5.70. The van der Waals surface area contributed by atoms with Crippen LogP contribution >= 0.6 is 0 Å². The van der Waals surface area contributed by atoms with Gasteiger partial charge in [0.2, 0.25) is 0 Å². The second-order valence-electron chi connectivity index (χ2n) is 4.82. The molecule has 7 nitrogen and oxygen atoms in total. The van der Waals surface area contributed by atoms with Crippen molar-refractivity contribution < 1.29 is 17.9 Å². The zero-order valence-corrected chi connectivity index (χ0v) is 13.6. The molecule has 0 bridgehead atoms. The molecule has 0 unspecified atom stereocenters. The van der Waals surface area contributed by atoms with Gasteiger partial charge in [-0.1, -0.05) is 30.3 Å². The van der Waals surface area contributed by atoms with Crippen LogP contribution in [-0.4, -0.2) is 37.7 Å². The summed E-state index contributed by atoms with van der Waals surface area (Å²) in [7, 11) is -3.83. The van der Waals surface area contributed by atoms with E-state index in [4.69, 9.17) is 4.74 Å².